The molecule has 2 aromatic rings. The van der Waals surface area contributed by atoms with Crippen molar-refractivity contribution in [2.45, 2.75) is 32.4 Å². The Morgan fingerprint density at radius 3 is 2.69 bits per heavy atom. The lowest BCUT2D eigenvalue weighted by molar-refractivity contribution is -0.140. The van der Waals surface area contributed by atoms with Crippen molar-refractivity contribution in [3.63, 3.8) is 0 Å². The third-order valence-corrected chi connectivity index (χ3v) is 4.60. The van der Waals surface area contributed by atoms with E-state index in [2.05, 4.69) is 10.1 Å². The van der Waals surface area contributed by atoms with Gasteiger partial charge in [-0.1, -0.05) is 0 Å². The quantitative estimate of drug-likeness (QED) is 0.779. The molecule has 1 aliphatic heterocycles. The summed E-state index contributed by atoms with van der Waals surface area (Å²) in [5.41, 5.74) is 0.820. The standard InChI is InChI=1S/C18H23N5O3/c1-14-18(25)23(15-5-7-16(26-2)8-6-15)11-10-22(14)17(24)4-3-9-21-13-19-12-20-21/h5-8,12-14H,3-4,9-11H2,1-2H3/t14-/m1/s1. The predicted molar refractivity (Wildman–Crippen MR) is 95.8 cm³/mol. The van der Waals surface area contributed by atoms with Crippen LogP contribution in [0.4, 0.5) is 5.69 Å². The minimum Gasteiger partial charge on any atom is -0.497 e. The van der Waals surface area contributed by atoms with Crippen LogP contribution >= 0.6 is 0 Å². The molecule has 0 aliphatic carbocycles. The maximum atomic E-state index is 12.7. The molecule has 1 aromatic carbocycles. The number of rotatable bonds is 6. The molecule has 0 unspecified atom stereocenters. The molecule has 1 fully saturated rings. The fourth-order valence-electron chi connectivity index (χ4n) is 3.11. The zero-order valence-electron chi connectivity index (χ0n) is 15.0. The van der Waals surface area contributed by atoms with Crippen molar-refractivity contribution in [3.05, 3.63) is 36.9 Å². The number of methoxy groups -OCH3 is 1. The van der Waals surface area contributed by atoms with E-state index in [1.54, 1.807) is 34.8 Å². The van der Waals surface area contributed by atoms with E-state index >= 15 is 0 Å². The number of nitrogens with zero attached hydrogens (tertiary/aromatic N) is 5. The monoisotopic (exact) mass is 357 g/mol. The molecule has 2 amide bonds. The lowest BCUT2D eigenvalue weighted by atomic mass is 10.1. The van der Waals surface area contributed by atoms with Crippen molar-refractivity contribution in [2.75, 3.05) is 25.1 Å². The van der Waals surface area contributed by atoms with Gasteiger partial charge < -0.3 is 14.5 Å². The Labute approximate surface area is 152 Å². The second-order valence-corrected chi connectivity index (χ2v) is 6.21. The summed E-state index contributed by atoms with van der Waals surface area (Å²) in [5.74, 6) is 0.682. The molecule has 0 radical (unpaired) electrons. The van der Waals surface area contributed by atoms with Gasteiger partial charge in [0.2, 0.25) is 11.8 Å². The zero-order chi connectivity index (χ0) is 18.5. The van der Waals surface area contributed by atoms with Gasteiger partial charge in [0.05, 0.1) is 7.11 Å². The summed E-state index contributed by atoms with van der Waals surface area (Å²) in [7, 11) is 1.61. The zero-order valence-corrected chi connectivity index (χ0v) is 15.0. The first-order valence-electron chi connectivity index (χ1n) is 8.67. The van der Waals surface area contributed by atoms with E-state index in [0.29, 0.717) is 32.5 Å². The molecule has 0 saturated carbocycles. The molecule has 2 heterocycles. The smallest absolute Gasteiger partial charge is 0.249 e. The molecule has 0 spiro atoms. The molecule has 1 aliphatic rings. The Bertz CT molecular complexity index is 745. The molecule has 0 bridgehead atoms. The highest BCUT2D eigenvalue weighted by Crippen LogP contribution is 2.23. The molecule has 0 N–H and O–H groups in total. The van der Waals surface area contributed by atoms with Gasteiger partial charge in [-0.05, 0) is 37.6 Å². The number of piperazine rings is 1. The average Bonchev–Trinajstić information content (AvgIpc) is 3.17. The van der Waals surface area contributed by atoms with Crippen LogP contribution in [0, 0.1) is 0 Å². The second kappa shape index (κ2) is 7.99. The number of hydrogen-bond donors (Lipinski definition) is 0. The van der Waals surface area contributed by atoms with Gasteiger partial charge in [-0.2, -0.15) is 5.10 Å². The van der Waals surface area contributed by atoms with Crippen LogP contribution in [-0.2, 0) is 16.1 Å². The molecule has 1 atom stereocenters. The number of anilines is 1. The molecule has 3 rings (SSSR count). The van der Waals surface area contributed by atoms with Gasteiger partial charge in [0.1, 0.15) is 24.4 Å². The number of ether oxygens (including phenoxy) is 1. The van der Waals surface area contributed by atoms with Crippen LogP contribution in [0.2, 0.25) is 0 Å². The topological polar surface area (TPSA) is 80.6 Å². The Morgan fingerprint density at radius 2 is 2.04 bits per heavy atom. The van der Waals surface area contributed by atoms with Crippen LogP contribution in [0.3, 0.4) is 0 Å². The Hall–Kier alpha value is -2.90. The summed E-state index contributed by atoms with van der Waals surface area (Å²) < 4.78 is 6.85. The maximum Gasteiger partial charge on any atom is 0.249 e. The number of carbonyl (C=O) groups is 2. The van der Waals surface area contributed by atoms with E-state index in [0.717, 1.165) is 11.4 Å². The minimum atomic E-state index is -0.468. The van der Waals surface area contributed by atoms with Crippen LogP contribution in [0.5, 0.6) is 5.75 Å². The Morgan fingerprint density at radius 1 is 1.27 bits per heavy atom. The Kier molecular flexibility index (Phi) is 5.50. The van der Waals surface area contributed by atoms with Crippen molar-refractivity contribution in [1.29, 1.82) is 0 Å². The summed E-state index contributed by atoms with van der Waals surface area (Å²) in [6.07, 6.45) is 4.16. The van der Waals surface area contributed by atoms with Gasteiger partial charge in [-0.15, -0.1) is 0 Å². The molecule has 26 heavy (non-hydrogen) atoms. The van der Waals surface area contributed by atoms with E-state index in [1.807, 2.05) is 24.3 Å². The van der Waals surface area contributed by atoms with Gasteiger partial charge in [0.25, 0.3) is 0 Å². The number of carbonyl (C=O) groups excluding carboxylic acids is 2. The van der Waals surface area contributed by atoms with Crippen LogP contribution in [-0.4, -0.2) is 57.7 Å². The van der Waals surface area contributed by atoms with E-state index in [-0.39, 0.29) is 11.8 Å². The average molecular weight is 357 g/mol. The van der Waals surface area contributed by atoms with Gasteiger partial charge in [0.15, 0.2) is 0 Å². The summed E-state index contributed by atoms with van der Waals surface area (Å²) in [5, 5.41) is 4.02. The third kappa shape index (κ3) is 3.84. The highest BCUT2D eigenvalue weighted by Gasteiger charge is 2.34. The van der Waals surface area contributed by atoms with Crippen molar-refractivity contribution in [2.24, 2.45) is 0 Å². The summed E-state index contributed by atoms with van der Waals surface area (Å²) >= 11 is 0. The number of amides is 2. The highest BCUT2D eigenvalue weighted by molar-refractivity contribution is 6.00. The first-order chi connectivity index (χ1) is 12.6. The highest BCUT2D eigenvalue weighted by atomic mass is 16.5. The van der Waals surface area contributed by atoms with Crippen molar-refractivity contribution < 1.29 is 14.3 Å². The van der Waals surface area contributed by atoms with Crippen molar-refractivity contribution in [3.8, 4) is 5.75 Å². The fraction of sp³-hybridized carbons (Fsp3) is 0.444. The lowest BCUT2D eigenvalue weighted by Crippen LogP contribution is -2.57. The fourth-order valence-corrected chi connectivity index (χ4v) is 3.11. The molecule has 8 nitrogen and oxygen atoms in total. The third-order valence-electron chi connectivity index (χ3n) is 4.60. The number of hydrogen-bond acceptors (Lipinski definition) is 5. The normalized spacial score (nSPS) is 17.5. The number of aromatic nitrogens is 3. The van der Waals surface area contributed by atoms with Crippen LogP contribution in [0.15, 0.2) is 36.9 Å². The number of aryl methyl sites for hydroxylation is 1. The van der Waals surface area contributed by atoms with E-state index in [4.69, 9.17) is 4.74 Å². The van der Waals surface area contributed by atoms with Gasteiger partial charge in [-0.25, -0.2) is 4.98 Å². The molecule has 8 heteroatoms. The predicted octanol–water partition coefficient (Wildman–Crippen LogP) is 1.33. The van der Waals surface area contributed by atoms with Crippen molar-refractivity contribution in [1.82, 2.24) is 19.7 Å². The van der Waals surface area contributed by atoms with Gasteiger partial charge >= 0.3 is 0 Å². The molecule has 138 valence electrons. The summed E-state index contributed by atoms with van der Waals surface area (Å²) in [6, 6.07) is 6.91. The maximum absolute atomic E-state index is 12.7. The molecule has 1 aromatic heterocycles. The van der Waals surface area contributed by atoms with E-state index in [1.165, 1.54) is 6.33 Å². The van der Waals surface area contributed by atoms with Crippen LogP contribution in [0.1, 0.15) is 19.8 Å². The summed E-state index contributed by atoms with van der Waals surface area (Å²) in [4.78, 5) is 32.5. The minimum absolute atomic E-state index is 0.000321. The molecular formula is C18H23N5O3. The Balaban J connectivity index is 1.56. The van der Waals surface area contributed by atoms with Gasteiger partial charge in [-0.3, -0.25) is 14.3 Å². The van der Waals surface area contributed by atoms with Crippen LogP contribution in [0.25, 0.3) is 0 Å². The SMILES string of the molecule is COc1ccc(N2CCN(C(=O)CCCn3cncn3)[C@H](C)C2=O)cc1. The van der Waals surface area contributed by atoms with E-state index in [9.17, 15) is 9.59 Å². The number of benzene rings is 1. The van der Waals surface area contributed by atoms with Gasteiger partial charge in [0, 0.05) is 31.7 Å². The first kappa shape index (κ1) is 17.9. The molecule has 1 saturated heterocycles. The second-order valence-electron chi connectivity index (χ2n) is 6.21. The van der Waals surface area contributed by atoms with E-state index < -0.39 is 6.04 Å². The molecular weight excluding hydrogens is 334 g/mol. The van der Waals surface area contributed by atoms with Crippen molar-refractivity contribution >= 4 is 17.5 Å². The van der Waals surface area contributed by atoms with Crippen LogP contribution < -0.4 is 9.64 Å². The lowest BCUT2D eigenvalue weighted by Gasteiger charge is -2.39. The largest absolute Gasteiger partial charge is 0.497 e. The first-order valence-corrected chi connectivity index (χ1v) is 8.67. The summed E-state index contributed by atoms with van der Waals surface area (Å²) in [6.45, 7) is 3.44.